The number of hydrogen-bond acceptors (Lipinski definition) is 8. The summed E-state index contributed by atoms with van der Waals surface area (Å²) in [6.07, 6.45) is -0.982. The van der Waals surface area contributed by atoms with Crippen molar-refractivity contribution in [2.45, 2.75) is 69.6 Å². The molecule has 1 amide bonds. The molecule has 9 heteroatoms. The average molecular weight is 520 g/mol. The molecule has 1 aliphatic carbocycles. The molecule has 1 aliphatic heterocycles. The van der Waals surface area contributed by atoms with Gasteiger partial charge >= 0.3 is 0 Å². The molecule has 0 aromatic heterocycles. The van der Waals surface area contributed by atoms with E-state index in [1.54, 1.807) is 31.4 Å². The third kappa shape index (κ3) is 6.21. The van der Waals surface area contributed by atoms with Gasteiger partial charge in [0.25, 0.3) is 5.91 Å². The molecule has 2 aromatic carbocycles. The second-order valence-corrected chi connectivity index (χ2v) is 9.97. The number of methoxy groups -OCH3 is 1. The molecule has 1 heterocycles. The first-order valence-corrected chi connectivity index (χ1v) is 12.7. The van der Waals surface area contributed by atoms with Crippen LogP contribution in [0, 0.1) is 22.7 Å². The number of nitriles is 2. The SMILES string of the molecule is COCCNC(=O)[C@@]1(OCc2ccccc2C#N)C[C@H](OCc2ccccc2C#N)[C@@H]2OC(C)(C)O[C@@H]2C1. The maximum Gasteiger partial charge on any atom is 0.252 e. The molecule has 4 atom stereocenters. The van der Waals surface area contributed by atoms with Gasteiger partial charge < -0.3 is 29.0 Å². The van der Waals surface area contributed by atoms with Crippen LogP contribution >= 0.6 is 0 Å². The van der Waals surface area contributed by atoms with Crippen LogP contribution in [0.25, 0.3) is 0 Å². The van der Waals surface area contributed by atoms with Gasteiger partial charge in [-0.3, -0.25) is 4.79 Å². The van der Waals surface area contributed by atoms with Crippen molar-refractivity contribution in [2.75, 3.05) is 20.3 Å². The van der Waals surface area contributed by atoms with Crippen LogP contribution in [0.15, 0.2) is 48.5 Å². The zero-order valence-electron chi connectivity index (χ0n) is 21.9. The van der Waals surface area contributed by atoms with Crippen molar-refractivity contribution >= 4 is 5.91 Å². The molecule has 1 N–H and O–H groups in total. The minimum Gasteiger partial charge on any atom is -0.383 e. The molecule has 2 fully saturated rings. The number of benzene rings is 2. The Labute approximate surface area is 223 Å². The van der Waals surface area contributed by atoms with Crippen LogP contribution in [0.3, 0.4) is 0 Å². The van der Waals surface area contributed by atoms with Crippen LogP contribution in [0.2, 0.25) is 0 Å². The first-order valence-electron chi connectivity index (χ1n) is 12.7. The van der Waals surface area contributed by atoms with E-state index in [1.807, 2.05) is 38.1 Å². The molecular weight excluding hydrogens is 486 g/mol. The number of fused-ring (bicyclic) bond motifs is 1. The number of nitrogens with one attached hydrogen (secondary N) is 1. The summed E-state index contributed by atoms with van der Waals surface area (Å²) in [5.41, 5.74) is 1.14. The summed E-state index contributed by atoms with van der Waals surface area (Å²) in [5.74, 6) is -1.17. The molecule has 0 bridgehead atoms. The van der Waals surface area contributed by atoms with Gasteiger partial charge in [0.15, 0.2) is 11.4 Å². The van der Waals surface area contributed by atoms with Crippen LogP contribution in [-0.4, -0.2) is 55.9 Å². The molecule has 1 saturated heterocycles. The molecule has 4 rings (SSSR count). The van der Waals surface area contributed by atoms with Crippen LogP contribution < -0.4 is 5.32 Å². The van der Waals surface area contributed by atoms with E-state index in [0.717, 1.165) is 5.56 Å². The minimum absolute atomic E-state index is 0.0626. The topological polar surface area (TPSA) is 123 Å². The Balaban J connectivity index is 1.63. The molecule has 0 unspecified atom stereocenters. The van der Waals surface area contributed by atoms with Crippen molar-refractivity contribution in [1.82, 2.24) is 5.32 Å². The molecule has 2 aromatic rings. The standard InChI is InChI=1S/C29H33N3O6/c1-28(2)37-25-15-29(27(33)32-12-13-34-3,36-19-23-11-7-5-9-21(23)17-31)14-24(26(25)38-28)35-18-22-10-6-4-8-20(22)16-30/h4-11,24-26H,12-15,18-19H2,1-3H3,(H,32,33)/t24-,25+,26-,29+/m0/s1. The lowest BCUT2D eigenvalue weighted by molar-refractivity contribution is -0.183. The maximum absolute atomic E-state index is 13.7. The molecule has 38 heavy (non-hydrogen) atoms. The van der Waals surface area contributed by atoms with Crippen LogP contribution in [0.1, 0.15) is 48.9 Å². The van der Waals surface area contributed by atoms with Gasteiger partial charge in [-0.2, -0.15) is 10.5 Å². The van der Waals surface area contributed by atoms with Gasteiger partial charge in [-0.15, -0.1) is 0 Å². The Kier molecular flexibility index (Phi) is 8.78. The number of ether oxygens (including phenoxy) is 5. The van der Waals surface area contributed by atoms with Crippen LogP contribution in [-0.2, 0) is 41.7 Å². The fourth-order valence-electron chi connectivity index (χ4n) is 5.06. The molecule has 200 valence electrons. The summed E-state index contributed by atoms with van der Waals surface area (Å²) in [6.45, 7) is 4.55. The van der Waals surface area contributed by atoms with Crippen molar-refractivity contribution in [3.63, 3.8) is 0 Å². The Morgan fingerprint density at radius 2 is 1.63 bits per heavy atom. The zero-order valence-corrected chi connectivity index (χ0v) is 21.9. The molecule has 1 saturated carbocycles. The fourth-order valence-corrected chi connectivity index (χ4v) is 5.06. The predicted octanol–water partition coefficient (Wildman–Crippen LogP) is 3.35. The van der Waals surface area contributed by atoms with E-state index in [4.69, 9.17) is 23.7 Å². The molecule has 2 aliphatic rings. The van der Waals surface area contributed by atoms with Crippen molar-refractivity contribution < 1.29 is 28.5 Å². The molecule has 0 radical (unpaired) electrons. The highest BCUT2D eigenvalue weighted by molar-refractivity contribution is 5.85. The van der Waals surface area contributed by atoms with E-state index in [1.165, 1.54) is 0 Å². The van der Waals surface area contributed by atoms with Crippen molar-refractivity contribution in [3.05, 3.63) is 70.8 Å². The summed E-state index contributed by atoms with van der Waals surface area (Å²) < 4.78 is 30.3. The summed E-state index contributed by atoms with van der Waals surface area (Å²) in [7, 11) is 1.57. The van der Waals surface area contributed by atoms with Gasteiger partial charge in [-0.1, -0.05) is 36.4 Å². The van der Waals surface area contributed by atoms with Crippen LogP contribution in [0.4, 0.5) is 0 Å². The van der Waals surface area contributed by atoms with Gasteiger partial charge in [0.2, 0.25) is 0 Å². The van der Waals surface area contributed by atoms with Gasteiger partial charge in [-0.05, 0) is 37.1 Å². The van der Waals surface area contributed by atoms with Gasteiger partial charge in [0.1, 0.15) is 6.10 Å². The molecule has 9 nitrogen and oxygen atoms in total. The van der Waals surface area contributed by atoms with E-state index < -0.39 is 29.7 Å². The molecular formula is C29H33N3O6. The third-order valence-electron chi connectivity index (χ3n) is 6.89. The second kappa shape index (κ2) is 12.0. The highest BCUT2D eigenvalue weighted by Crippen LogP contribution is 2.44. The maximum atomic E-state index is 13.7. The zero-order chi connectivity index (χ0) is 27.2. The Morgan fingerprint density at radius 1 is 1.00 bits per heavy atom. The van der Waals surface area contributed by atoms with Gasteiger partial charge in [0.05, 0.1) is 55.3 Å². The number of hydrogen-bond donors (Lipinski definition) is 1. The lowest BCUT2D eigenvalue weighted by Gasteiger charge is -2.43. The lowest BCUT2D eigenvalue weighted by Crippen LogP contribution is -2.60. The highest BCUT2D eigenvalue weighted by atomic mass is 16.8. The highest BCUT2D eigenvalue weighted by Gasteiger charge is 2.58. The van der Waals surface area contributed by atoms with E-state index >= 15 is 0 Å². The second-order valence-electron chi connectivity index (χ2n) is 9.97. The largest absolute Gasteiger partial charge is 0.383 e. The quantitative estimate of drug-likeness (QED) is 0.474. The number of amides is 1. The van der Waals surface area contributed by atoms with Crippen molar-refractivity contribution in [3.8, 4) is 12.1 Å². The fraction of sp³-hybridized carbons (Fsp3) is 0.483. The minimum atomic E-state index is -1.30. The van der Waals surface area contributed by atoms with Crippen molar-refractivity contribution in [2.24, 2.45) is 0 Å². The third-order valence-corrected chi connectivity index (χ3v) is 6.89. The van der Waals surface area contributed by atoms with Crippen molar-refractivity contribution in [1.29, 1.82) is 10.5 Å². The predicted molar refractivity (Wildman–Crippen MR) is 136 cm³/mol. The van der Waals surface area contributed by atoms with E-state index in [-0.39, 0.29) is 32.0 Å². The van der Waals surface area contributed by atoms with E-state index in [9.17, 15) is 15.3 Å². The summed E-state index contributed by atoms with van der Waals surface area (Å²) in [6, 6.07) is 18.8. The first kappa shape index (κ1) is 27.7. The Bertz CT molecular complexity index is 1220. The first-order chi connectivity index (χ1) is 18.3. The summed E-state index contributed by atoms with van der Waals surface area (Å²) in [4.78, 5) is 13.7. The smallest absolute Gasteiger partial charge is 0.252 e. The van der Waals surface area contributed by atoms with E-state index in [0.29, 0.717) is 29.8 Å². The summed E-state index contributed by atoms with van der Waals surface area (Å²) in [5, 5.41) is 22.0. The van der Waals surface area contributed by atoms with Gasteiger partial charge in [0, 0.05) is 26.5 Å². The number of rotatable bonds is 10. The molecule has 0 spiro atoms. The van der Waals surface area contributed by atoms with Crippen LogP contribution in [0.5, 0.6) is 0 Å². The summed E-state index contributed by atoms with van der Waals surface area (Å²) >= 11 is 0. The number of carbonyl (C=O) groups excluding carboxylic acids is 1. The lowest BCUT2D eigenvalue weighted by atomic mass is 9.78. The number of nitrogens with zero attached hydrogens (tertiary/aromatic N) is 2. The van der Waals surface area contributed by atoms with Gasteiger partial charge in [-0.25, -0.2) is 0 Å². The monoisotopic (exact) mass is 519 g/mol. The Hall–Kier alpha value is -3.31. The van der Waals surface area contributed by atoms with E-state index in [2.05, 4.69) is 17.5 Å². The Morgan fingerprint density at radius 3 is 2.26 bits per heavy atom. The number of carbonyl (C=O) groups is 1. The normalized spacial score (nSPS) is 25.7. The average Bonchev–Trinajstić information content (AvgIpc) is 3.24.